The molecule has 0 radical (unpaired) electrons. The second kappa shape index (κ2) is 8.28. The van der Waals surface area contributed by atoms with E-state index in [9.17, 15) is 9.59 Å². The van der Waals surface area contributed by atoms with Crippen LogP contribution >= 0.6 is 11.8 Å². The maximum atomic E-state index is 12.7. The molecule has 0 saturated carbocycles. The van der Waals surface area contributed by atoms with Crippen LogP contribution in [-0.4, -0.2) is 52.6 Å². The fraction of sp³-hybridized carbons (Fsp3) is 0.800. The predicted octanol–water partition coefficient (Wildman–Crippen LogP) is 2.15. The number of likely N-dealkylation sites (tertiary alicyclic amines) is 1. The highest BCUT2D eigenvalue weighted by molar-refractivity contribution is 8.00. The molecule has 1 fully saturated rings. The van der Waals surface area contributed by atoms with Gasteiger partial charge < -0.3 is 15.0 Å². The van der Waals surface area contributed by atoms with Crippen LogP contribution in [0.4, 0.5) is 4.79 Å². The first-order chi connectivity index (χ1) is 10.3. The molecule has 7 heteroatoms. The van der Waals surface area contributed by atoms with Crippen molar-refractivity contribution in [2.24, 2.45) is 0 Å². The third-order valence-corrected chi connectivity index (χ3v) is 4.60. The molecule has 2 atom stereocenters. The number of nitrogens with one attached hydrogen (secondary N) is 1. The molecule has 0 aliphatic carbocycles. The topological polar surface area (TPSA) is 82.4 Å². The lowest BCUT2D eigenvalue weighted by molar-refractivity contribution is -0.132. The summed E-state index contributed by atoms with van der Waals surface area (Å²) in [6, 6.07) is 1.10. The Hall–Kier alpha value is -1.42. The Labute approximate surface area is 136 Å². The van der Waals surface area contributed by atoms with E-state index in [1.807, 2.05) is 0 Å². The standard InChI is InChI=1S/C15H25N3O3S/c1-5-21-14(20)17-12(10-22-15(2,3)4)13(19)18-8-6-7-11(18)9-16/h11-12H,5-8,10H2,1-4H3,(H,17,20)/t11?,12-/m1/s1. The highest BCUT2D eigenvalue weighted by Gasteiger charge is 2.34. The first-order valence-electron chi connectivity index (χ1n) is 7.56. The van der Waals surface area contributed by atoms with E-state index in [1.54, 1.807) is 23.6 Å². The third-order valence-electron chi connectivity index (χ3n) is 3.23. The lowest BCUT2D eigenvalue weighted by Crippen LogP contribution is -2.51. The Kier molecular flexibility index (Phi) is 7.01. The van der Waals surface area contributed by atoms with Crippen molar-refractivity contribution in [2.75, 3.05) is 18.9 Å². The molecule has 1 N–H and O–H groups in total. The van der Waals surface area contributed by atoms with Gasteiger partial charge in [-0.15, -0.1) is 0 Å². The van der Waals surface area contributed by atoms with Crippen molar-refractivity contribution >= 4 is 23.8 Å². The van der Waals surface area contributed by atoms with Gasteiger partial charge in [0.05, 0.1) is 12.7 Å². The molecule has 0 spiro atoms. The molecule has 1 saturated heterocycles. The average molecular weight is 327 g/mol. The van der Waals surface area contributed by atoms with Gasteiger partial charge in [-0.25, -0.2) is 4.79 Å². The van der Waals surface area contributed by atoms with Gasteiger partial charge in [0.2, 0.25) is 5.91 Å². The van der Waals surface area contributed by atoms with E-state index < -0.39 is 18.2 Å². The molecule has 1 unspecified atom stereocenters. The molecule has 0 aromatic rings. The summed E-state index contributed by atoms with van der Waals surface area (Å²) in [6.45, 7) is 8.70. The molecular weight excluding hydrogens is 302 g/mol. The molecule has 22 heavy (non-hydrogen) atoms. The van der Waals surface area contributed by atoms with Crippen LogP contribution in [0.5, 0.6) is 0 Å². The Morgan fingerprint density at radius 1 is 1.50 bits per heavy atom. The van der Waals surface area contributed by atoms with Gasteiger partial charge >= 0.3 is 6.09 Å². The SMILES string of the molecule is CCOC(=O)N[C@H](CSC(C)(C)C)C(=O)N1CCCC1C#N. The van der Waals surface area contributed by atoms with E-state index in [1.165, 1.54) is 0 Å². The highest BCUT2D eigenvalue weighted by atomic mass is 32.2. The Bertz CT molecular complexity index is 442. The summed E-state index contributed by atoms with van der Waals surface area (Å²) in [7, 11) is 0. The van der Waals surface area contributed by atoms with E-state index in [-0.39, 0.29) is 17.3 Å². The molecule has 1 heterocycles. The lowest BCUT2D eigenvalue weighted by atomic mass is 10.2. The molecule has 1 rings (SSSR count). The fourth-order valence-corrected chi connectivity index (χ4v) is 3.08. The Morgan fingerprint density at radius 3 is 2.73 bits per heavy atom. The smallest absolute Gasteiger partial charge is 0.407 e. The number of thioether (sulfide) groups is 1. The number of rotatable bonds is 5. The monoisotopic (exact) mass is 327 g/mol. The molecule has 0 aromatic carbocycles. The molecule has 1 aliphatic heterocycles. The fourth-order valence-electron chi connectivity index (χ4n) is 2.19. The van der Waals surface area contributed by atoms with Crippen molar-refractivity contribution in [3.8, 4) is 6.07 Å². The lowest BCUT2D eigenvalue weighted by Gasteiger charge is -2.28. The number of nitrogens with zero attached hydrogens (tertiary/aromatic N) is 2. The van der Waals surface area contributed by atoms with Gasteiger partial charge in [0.25, 0.3) is 0 Å². The van der Waals surface area contributed by atoms with Crippen LogP contribution in [0.3, 0.4) is 0 Å². The van der Waals surface area contributed by atoms with E-state index in [0.29, 0.717) is 18.7 Å². The summed E-state index contributed by atoms with van der Waals surface area (Å²) < 4.78 is 4.86. The second-order valence-corrected chi connectivity index (χ2v) is 8.01. The summed E-state index contributed by atoms with van der Waals surface area (Å²) in [4.78, 5) is 25.9. The van der Waals surface area contributed by atoms with Crippen molar-refractivity contribution in [3.63, 3.8) is 0 Å². The maximum Gasteiger partial charge on any atom is 0.407 e. The van der Waals surface area contributed by atoms with E-state index >= 15 is 0 Å². The van der Waals surface area contributed by atoms with Gasteiger partial charge in [-0.1, -0.05) is 20.8 Å². The predicted molar refractivity (Wildman–Crippen MR) is 86.5 cm³/mol. The third kappa shape index (κ3) is 5.76. The zero-order valence-electron chi connectivity index (χ0n) is 13.7. The van der Waals surface area contributed by atoms with Crippen molar-refractivity contribution < 1.29 is 14.3 Å². The van der Waals surface area contributed by atoms with Crippen molar-refractivity contribution in [2.45, 2.75) is 57.4 Å². The van der Waals surface area contributed by atoms with E-state index in [4.69, 9.17) is 10.00 Å². The Balaban J connectivity index is 2.77. The molecule has 124 valence electrons. The summed E-state index contributed by atoms with van der Waals surface area (Å²) in [5.41, 5.74) is 0. The second-order valence-electron chi connectivity index (χ2n) is 6.16. The number of carbonyl (C=O) groups excluding carboxylic acids is 2. The molecule has 2 amide bonds. The Morgan fingerprint density at radius 2 is 2.18 bits per heavy atom. The number of hydrogen-bond donors (Lipinski definition) is 1. The van der Waals surface area contributed by atoms with Crippen LogP contribution in [0.2, 0.25) is 0 Å². The molecular formula is C15H25N3O3S. The van der Waals surface area contributed by atoms with Crippen LogP contribution in [0, 0.1) is 11.3 Å². The van der Waals surface area contributed by atoms with Crippen LogP contribution in [0.15, 0.2) is 0 Å². The summed E-state index contributed by atoms with van der Waals surface area (Å²) in [5.74, 6) is 0.254. The van der Waals surface area contributed by atoms with Crippen LogP contribution in [0.25, 0.3) is 0 Å². The van der Waals surface area contributed by atoms with Gasteiger partial charge in [-0.3, -0.25) is 4.79 Å². The van der Waals surface area contributed by atoms with Crippen LogP contribution < -0.4 is 5.32 Å². The molecule has 6 nitrogen and oxygen atoms in total. The van der Waals surface area contributed by atoms with Gasteiger partial charge in [0.15, 0.2) is 0 Å². The number of alkyl carbamates (subject to hydrolysis) is 1. The first-order valence-corrected chi connectivity index (χ1v) is 8.54. The van der Waals surface area contributed by atoms with Crippen LogP contribution in [0.1, 0.15) is 40.5 Å². The number of hydrogen-bond acceptors (Lipinski definition) is 5. The normalized spacial score (nSPS) is 19.4. The van der Waals surface area contributed by atoms with Crippen molar-refractivity contribution in [1.82, 2.24) is 10.2 Å². The summed E-state index contributed by atoms with van der Waals surface area (Å²) in [5, 5.41) is 11.8. The number of ether oxygens (including phenoxy) is 1. The van der Waals surface area contributed by atoms with Crippen molar-refractivity contribution in [1.29, 1.82) is 5.26 Å². The maximum absolute atomic E-state index is 12.7. The minimum atomic E-state index is -0.669. The number of amides is 2. The minimum Gasteiger partial charge on any atom is -0.450 e. The molecule has 1 aliphatic rings. The van der Waals surface area contributed by atoms with Gasteiger partial charge in [0, 0.05) is 17.0 Å². The van der Waals surface area contributed by atoms with Gasteiger partial charge in [-0.2, -0.15) is 17.0 Å². The van der Waals surface area contributed by atoms with Crippen molar-refractivity contribution in [3.05, 3.63) is 0 Å². The largest absolute Gasteiger partial charge is 0.450 e. The molecule has 0 bridgehead atoms. The zero-order chi connectivity index (χ0) is 16.8. The van der Waals surface area contributed by atoms with Crippen LogP contribution in [-0.2, 0) is 9.53 Å². The average Bonchev–Trinajstić information content (AvgIpc) is 2.90. The van der Waals surface area contributed by atoms with Gasteiger partial charge in [-0.05, 0) is 19.8 Å². The zero-order valence-corrected chi connectivity index (χ0v) is 14.5. The first kappa shape index (κ1) is 18.6. The van der Waals surface area contributed by atoms with Gasteiger partial charge in [0.1, 0.15) is 12.1 Å². The number of nitriles is 1. The highest BCUT2D eigenvalue weighted by Crippen LogP contribution is 2.25. The molecule has 0 aromatic heterocycles. The number of carbonyl (C=O) groups is 2. The minimum absolute atomic E-state index is 0.0193. The quantitative estimate of drug-likeness (QED) is 0.836. The van der Waals surface area contributed by atoms with E-state index in [2.05, 4.69) is 32.2 Å². The summed E-state index contributed by atoms with van der Waals surface area (Å²) in [6.07, 6.45) is 0.923. The summed E-state index contributed by atoms with van der Waals surface area (Å²) >= 11 is 1.60. The van der Waals surface area contributed by atoms with E-state index in [0.717, 1.165) is 6.42 Å².